The lowest BCUT2D eigenvalue weighted by molar-refractivity contribution is -0.754. The van der Waals surface area contributed by atoms with Crippen LogP contribution in [0.25, 0.3) is 0 Å². The van der Waals surface area contributed by atoms with E-state index in [0.717, 1.165) is 17.8 Å². The molecule has 4 bridgehead atoms. The largest absolute Gasteiger partial charge is 0.331 e. The number of nitrogens with two attached hydrogens (primary N) is 1. The molecule has 4 aliphatic rings. The Hall–Kier alpha value is -1.86. The summed E-state index contributed by atoms with van der Waals surface area (Å²) in [6.07, 6.45) is 8.15. The molecule has 0 aliphatic heterocycles. The van der Waals surface area contributed by atoms with Gasteiger partial charge in [0.15, 0.2) is 6.04 Å². The second-order valence-electron chi connectivity index (χ2n) is 8.42. The molecule has 5 rings (SSSR count). The highest BCUT2D eigenvalue weighted by atomic mass is 16.2. The quantitative estimate of drug-likeness (QED) is 0.893. The molecule has 0 unspecified atom stereocenters. The van der Waals surface area contributed by atoms with Crippen LogP contribution in [0.2, 0.25) is 0 Å². The summed E-state index contributed by atoms with van der Waals surface area (Å²) in [5, 5.41) is 14.3. The number of carbonyl (C=O) groups is 1. The lowest BCUT2D eigenvalue weighted by Gasteiger charge is -2.55. The van der Waals surface area contributed by atoms with E-state index in [2.05, 4.69) is 16.7 Å². The molecular weight excluding hydrogens is 298 g/mol. The Kier molecular flexibility index (Phi) is 3.85. The number of benzene rings is 1. The minimum Gasteiger partial charge on any atom is -0.331 e. The first-order valence-electron chi connectivity index (χ1n) is 9.22. The number of nitriles is 1. The van der Waals surface area contributed by atoms with Crippen LogP contribution in [-0.2, 0) is 4.79 Å². The average molecular weight is 324 g/mol. The van der Waals surface area contributed by atoms with Gasteiger partial charge in [-0.25, -0.2) is 0 Å². The number of nitrogens with zero attached hydrogens (tertiary/aromatic N) is 1. The van der Waals surface area contributed by atoms with Crippen LogP contribution in [0.5, 0.6) is 0 Å². The van der Waals surface area contributed by atoms with Crippen molar-refractivity contribution in [2.45, 2.75) is 57.0 Å². The highest BCUT2D eigenvalue weighted by Gasteiger charge is 2.54. The van der Waals surface area contributed by atoms with Crippen LogP contribution in [-0.4, -0.2) is 17.5 Å². The van der Waals surface area contributed by atoms with Gasteiger partial charge >= 0.3 is 0 Å². The fourth-order valence-corrected chi connectivity index (χ4v) is 5.91. The predicted octanol–water partition coefficient (Wildman–Crippen LogP) is 2.42. The fourth-order valence-electron chi connectivity index (χ4n) is 5.91. The van der Waals surface area contributed by atoms with Gasteiger partial charge in [-0.2, -0.15) is 5.26 Å². The van der Waals surface area contributed by atoms with Crippen LogP contribution in [0, 0.1) is 29.1 Å². The van der Waals surface area contributed by atoms with Gasteiger partial charge in [0, 0.05) is 24.9 Å². The highest BCUT2D eigenvalue weighted by molar-refractivity contribution is 5.93. The molecule has 4 nitrogen and oxygen atoms in total. The smallest absolute Gasteiger partial charge is 0.282 e. The summed E-state index contributed by atoms with van der Waals surface area (Å²) in [4.78, 5) is 12.6. The molecule has 24 heavy (non-hydrogen) atoms. The number of quaternary nitrogens is 1. The first kappa shape index (κ1) is 15.7. The average Bonchev–Trinajstić information content (AvgIpc) is 2.53. The number of hydrogen-bond acceptors (Lipinski definition) is 2. The predicted molar refractivity (Wildman–Crippen MR) is 92.1 cm³/mol. The summed E-state index contributed by atoms with van der Waals surface area (Å²) >= 11 is 0. The molecule has 1 aromatic rings. The second-order valence-corrected chi connectivity index (χ2v) is 8.42. The van der Waals surface area contributed by atoms with Gasteiger partial charge in [-0.3, -0.25) is 4.79 Å². The lowest BCUT2D eigenvalue weighted by Crippen LogP contribution is -3.03. The minimum atomic E-state index is -0.0907. The van der Waals surface area contributed by atoms with Gasteiger partial charge in [0.2, 0.25) is 0 Å². The van der Waals surface area contributed by atoms with Gasteiger partial charge in [-0.15, -0.1) is 0 Å². The van der Waals surface area contributed by atoms with Gasteiger partial charge in [-0.1, -0.05) is 6.07 Å². The summed E-state index contributed by atoms with van der Waals surface area (Å²) in [5.41, 5.74) is 1.59. The molecule has 0 saturated heterocycles. The maximum absolute atomic E-state index is 12.6. The Morgan fingerprint density at radius 2 is 1.88 bits per heavy atom. The zero-order valence-electron chi connectivity index (χ0n) is 14.3. The third kappa shape index (κ3) is 2.93. The van der Waals surface area contributed by atoms with Gasteiger partial charge in [0.1, 0.15) is 0 Å². The van der Waals surface area contributed by atoms with Crippen LogP contribution >= 0.6 is 0 Å². The molecule has 0 radical (unpaired) electrons. The van der Waals surface area contributed by atoms with E-state index < -0.39 is 0 Å². The van der Waals surface area contributed by atoms with E-state index in [0.29, 0.717) is 16.8 Å². The second kappa shape index (κ2) is 5.89. The molecule has 4 aliphatic carbocycles. The summed E-state index contributed by atoms with van der Waals surface area (Å²) in [6, 6.07) is 9.16. The molecule has 0 spiro atoms. The minimum absolute atomic E-state index is 0.0424. The molecule has 4 saturated carbocycles. The Labute approximate surface area is 143 Å². The van der Waals surface area contributed by atoms with Crippen LogP contribution in [0.4, 0.5) is 5.69 Å². The Morgan fingerprint density at radius 3 is 2.46 bits per heavy atom. The summed E-state index contributed by atoms with van der Waals surface area (Å²) < 4.78 is 0. The van der Waals surface area contributed by atoms with E-state index in [9.17, 15) is 4.79 Å². The molecule has 126 valence electrons. The van der Waals surface area contributed by atoms with E-state index >= 15 is 0 Å². The number of hydrogen-bond donors (Lipinski definition) is 2. The maximum Gasteiger partial charge on any atom is 0.282 e. The normalized spacial score (nSPS) is 34.6. The van der Waals surface area contributed by atoms with E-state index in [-0.39, 0.29) is 11.9 Å². The molecule has 3 N–H and O–H groups in total. The van der Waals surface area contributed by atoms with Crippen LogP contribution < -0.4 is 10.6 Å². The van der Waals surface area contributed by atoms with Crippen molar-refractivity contribution in [2.24, 2.45) is 17.8 Å². The van der Waals surface area contributed by atoms with Crippen molar-refractivity contribution in [3.8, 4) is 6.07 Å². The number of anilines is 1. The van der Waals surface area contributed by atoms with Crippen molar-refractivity contribution in [1.29, 1.82) is 5.26 Å². The number of rotatable bonds is 4. The Bertz CT molecular complexity index is 655. The van der Waals surface area contributed by atoms with Crippen molar-refractivity contribution in [3.63, 3.8) is 0 Å². The van der Waals surface area contributed by atoms with E-state index in [1.807, 2.05) is 19.1 Å². The Morgan fingerprint density at radius 1 is 1.25 bits per heavy atom. The molecule has 4 heteroatoms. The highest BCUT2D eigenvalue weighted by Crippen LogP contribution is 2.54. The van der Waals surface area contributed by atoms with Crippen molar-refractivity contribution >= 4 is 11.6 Å². The van der Waals surface area contributed by atoms with E-state index in [1.54, 1.807) is 12.1 Å². The summed E-state index contributed by atoms with van der Waals surface area (Å²) in [5.74, 6) is 2.74. The van der Waals surface area contributed by atoms with Gasteiger partial charge in [0.25, 0.3) is 5.91 Å². The third-order valence-corrected chi connectivity index (χ3v) is 6.36. The molecule has 4 fully saturated rings. The molecule has 1 amide bonds. The summed E-state index contributed by atoms with van der Waals surface area (Å²) in [6.45, 7) is 2.02. The third-order valence-electron chi connectivity index (χ3n) is 6.36. The molecule has 1 atom stereocenters. The molecular formula is C20H26N3O+. The topological polar surface area (TPSA) is 69.5 Å². The van der Waals surface area contributed by atoms with Crippen molar-refractivity contribution < 1.29 is 10.1 Å². The van der Waals surface area contributed by atoms with Crippen molar-refractivity contribution in [3.05, 3.63) is 29.8 Å². The maximum atomic E-state index is 12.6. The van der Waals surface area contributed by atoms with Gasteiger partial charge < -0.3 is 10.6 Å². The van der Waals surface area contributed by atoms with Gasteiger partial charge in [0.05, 0.1) is 17.2 Å². The van der Waals surface area contributed by atoms with Crippen LogP contribution in [0.15, 0.2) is 24.3 Å². The fraction of sp³-hybridized carbons (Fsp3) is 0.600. The van der Waals surface area contributed by atoms with Crippen LogP contribution in [0.3, 0.4) is 0 Å². The van der Waals surface area contributed by atoms with Crippen LogP contribution in [0.1, 0.15) is 51.0 Å². The number of carbonyl (C=O) groups excluding carboxylic acids is 1. The van der Waals surface area contributed by atoms with Crippen molar-refractivity contribution in [2.75, 3.05) is 5.32 Å². The van der Waals surface area contributed by atoms with Crippen molar-refractivity contribution in [1.82, 2.24) is 0 Å². The standard InChI is InChI=1S/C20H25N3O/c1-13(19(24)22-18-4-2-3-14(8-18)12-21)23-20-9-15-5-16(10-20)7-17(6-15)11-20/h2-4,8,13,15-17,23H,5-7,9-11H2,1H3,(H,22,24)/p+1/t13-,15?,16?,17?,20?/m1/s1. The first-order valence-corrected chi connectivity index (χ1v) is 9.22. The monoisotopic (exact) mass is 324 g/mol. The summed E-state index contributed by atoms with van der Waals surface area (Å²) in [7, 11) is 0. The molecule has 0 aromatic heterocycles. The zero-order chi connectivity index (χ0) is 16.7. The lowest BCUT2D eigenvalue weighted by atomic mass is 9.53. The first-order chi connectivity index (χ1) is 11.5. The van der Waals surface area contributed by atoms with E-state index in [4.69, 9.17) is 5.26 Å². The number of nitrogens with one attached hydrogen (secondary N) is 1. The number of amides is 1. The van der Waals surface area contributed by atoms with E-state index in [1.165, 1.54) is 38.5 Å². The Balaban J connectivity index is 1.41. The SMILES string of the molecule is C[C@@H]([NH2+]C12CC3CC(CC(C3)C1)C2)C(=O)Nc1cccc(C#N)c1. The van der Waals surface area contributed by atoms with Gasteiger partial charge in [-0.05, 0) is 62.1 Å². The zero-order valence-corrected chi connectivity index (χ0v) is 14.3. The molecule has 0 heterocycles. The molecule has 1 aromatic carbocycles.